The Bertz CT molecular complexity index is 443. The quantitative estimate of drug-likeness (QED) is 0.797. The number of unbranched alkanes of at least 4 members (excludes halogenated alkanes) is 1. The zero-order chi connectivity index (χ0) is 13.0. The zero-order valence-corrected chi connectivity index (χ0v) is 11.0. The van der Waals surface area contributed by atoms with Gasteiger partial charge in [0.1, 0.15) is 0 Å². The van der Waals surface area contributed by atoms with E-state index >= 15 is 0 Å². The van der Waals surface area contributed by atoms with Crippen LogP contribution in [-0.2, 0) is 6.42 Å². The van der Waals surface area contributed by atoms with E-state index in [9.17, 15) is 0 Å². The second kappa shape index (κ2) is 5.98. The van der Waals surface area contributed by atoms with Gasteiger partial charge in [0.25, 0.3) is 0 Å². The smallest absolute Gasteiger partial charge is 0.0485 e. The van der Waals surface area contributed by atoms with Gasteiger partial charge >= 0.3 is 0 Å². The molecule has 0 heterocycles. The molecule has 18 heavy (non-hydrogen) atoms. The normalized spacial score (nSPS) is 22.9. The molecule has 2 heteroatoms. The van der Waals surface area contributed by atoms with E-state index < -0.39 is 0 Å². The lowest BCUT2D eigenvalue weighted by molar-refractivity contribution is 0.795. The van der Waals surface area contributed by atoms with Crippen LogP contribution in [-0.4, -0.2) is 12.1 Å². The van der Waals surface area contributed by atoms with E-state index in [0.29, 0.717) is 0 Å². The van der Waals surface area contributed by atoms with Crippen LogP contribution < -0.4 is 11.5 Å². The zero-order valence-electron chi connectivity index (χ0n) is 11.0. The van der Waals surface area contributed by atoms with Crippen molar-refractivity contribution in [1.82, 2.24) is 0 Å². The molecule has 96 valence electrons. The maximum absolute atomic E-state index is 6.08. The third-order valence-corrected chi connectivity index (χ3v) is 3.38. The predicted molar refractivity (Wildman–Crippen MR) is 78.1 cm³/mol. The van der Waals surface area contributed by atoms with E-state index in [1.165, 1.54) is 24.0 Å². The van der Waals surface area contributed by atoms with Gasteiger partial charge in [0.05, 0.1) is 0 Å². The molecule has 0 saturated heterocycles. The third-order valence-electron chi connectivity index (χ3n) is 3.38. The fourth-order valence-corrected chi connectivity index (χ4v) is 2.26. The van der Waals surface area contributed by atoms with Crippen LogP contribution in [0.25, 0.3) is 5.57 Å². The minimum absolute atomic E-state index is 0.0143. The fourth-order valence-electron chi connectivity index (χ4n) is 2.26. The van der Waals surface area contributed by atoms with E-state index in [-0.39, 0.29) is 12.1 Å². The molecule has 2 rings (SSSR count). The number of nitrogens with two attached hydrogens (primary N) is 2. The van der Waals surface area contributed by atoms with Crippen LogP contribution in [0.1, 0.15) is 30.9 Å². The maximum Gasteiger partial charge on any atom is 0.0485 e. The molecule has 0 radical (unpaired) electrons. The van der Waals surface area contributed by atoms with Crippen LogP contribution in [0.3, 0.4) is 0 Å². The Morgan fingerprint density at radius 2 is 1.78 bits per heavy atom. The summed E-state index contributed by atoms with van der Waals surface area (Å²) in [6.45, 7) is 2.22. The van der Waals surface area contributed by atoms with E-state index in [1.807, 2.05) is 18.2 Å². The number of hydrogen-bond acceptors (Lipinski definition) is 2. The van der Waals surface area contributed by atoms with Crippen molar-refractivity contribution in [3.8, 4) is 0 Å². The Morgan fingerprint density at radius 3 is 2.44 bits per heavy atom. The van der Waals surface area contributed by atoms with Gasteiger partial charge in [0.15, 0.2) is 0 Å². The van der Waals surface area contributed by atoms with E-state index in [2.05, 4.69) is 31.2 Å². The molecule has 0 spiro atoms. The first kappa shape index (κ1) is 13.1. The molecule has 1 aromatic carbocycles. The van der Waals surface area contributed by atoms with Crippen LogP contribution in [0.4, 0.5) is 0 Å². The second-order valence-corrected chi connectivity index (χ2v) is 4.91. The highest BCUT2D eigenvalue weighted by Gasteiger charge is 2.14. The van der Waals surface area contributed by atoms with Gasteiger partial charge in [-0.25, -0.2) is 0 Å². The number of benzene rings is 1. The van der Waals surface area contributed by atoms with Crippen molar-refractivity contribution < 1.29 is 0 Å². The summed E-state index contributed by atoms with van der Waals surface area (Å²) in [4.78, 5) is 0. The first-order chi connectivity index (χ1) is 8.70. The number of hydrogen-bond donors (Lipinski definition) is 2. The lowest BCUT2D eigenvalue weighted by Crippen LogP contribution is -2.27. The molecule has 0 fully saturated rings. The topological polar surface area (TPSA) is 52.0 Å². The first-order valence-electron chi connectivity index (χ1n) is 6.71. The van der Waals surface area contributed by atoms with Gasteiger partial charge < -0.3 is 11.5 Å². The van der Waals surface area contributed by atoms with Crippen molar-refractivity contribution in [3.05, 3.63) is 53.6 Å². The SMILES string of the molecule is CCCCc1ccc(C2=CC(N)C=CC2N)cc1. The van der Waals surface area contributed by atoms with Crippen molar-refractivity contribution in [2.45, 2.75) is 38.3 Å². The van der Waals surface area contributed by atoms with Gasteiger partial charge in [-0.05, 0) is 29.5 Å². The predicted octanol–water partition coefficient (Wildman–Crippen LogP) is 2.64. The molecule has 0 amide bonds. The standard InChI is InChI=1S/C16H22N2/c1-2-3-4-12-5-7-13(8-6-12)15-11-14(17)9-10-16(15)18/h5-11,14,16H,2-4,17-18H2,1H3. The fraction of sp³-hybridized carbons (Fsp3) is 0.375. The Morgan fingerprint density at radius 1 is 1.06 bits per heavy atom. The maximum atomic E-state index is 6.08. The monoisotopic (exact) mass is 242 g/mol. The summed E-state index contributed by atoms with van der Waals surface area (Å²) in [7, 11) is 0. The Labute approximate surface area is 109 Å². The molecule has 0 aliphatic heterocycles. The Hall–Kier alpha value is -1.38. The summed E-state index contributed by atoms with van der Waals surface area (Å²) >= 11 is 0. The van der Waals surface area contributed by atoms with Crippen molar-refractivity contribution in [2.24, 2.45) is 11.5 Å². The van der Waals surface area contributed by atoms with Gasteiger partial charge in [0.2, 0.25) is 0 Å². The van der Waals surface area contributed by atoms with Gasteiger partial charge in [-0.15, -0.1) is 0 Å². The minimum Gasteiger partial charge on any atom is -0.321 e. The summed E-state index contributed by atoms with van der Waals surface area (Å²) < 4.78 is 0. The average Bonchev–Trinajstić information content (AvgIpc) is 2.40. The molecule has 2 unspecified atom stereocenters. The second-order valence-electron chi connectivity index (χ2n) is 4.91. The van der Waals surface area contributed by atoms with Gasteiger partial charge in [-0.3, -0.25) is 0 Å². The summed E-state index contributed by atoms with van der Waals surface area (Å²) in [5.41, 5.74) is 15.7. The lowest BCUT2D eigenvalue weighted by atomic mass is 9.91. The Kier molecular flexibility index (Phi) is 4.34. The van der Waals surface area contributed by atoms with Crippen molar-refractivity contribution in [2.75, 3.05) is 0 Å². The third kappa shape index (κ3) is 3.09. The molecule has 2 nitrogen and oxygen atoms in total. The summed E-state index contributed by atoms with van der Waals surface area (Å²) in [6, 6.07) is 8.65. The van der Waals surface area contributed by atoms with Crippen molar-refractivity contribution in [1.29, 1.82) is 0 Å². The molecule has 0 aromatic heterocycles. The van der Waals surface area contributed by atoms with E-state index in [0.717, 1.165) is 12.0 Å². The highest BCUT2D eigenvalue weighted by Crippen LogP contribution is 2.22. The highest BCUT2D eigenvalue weighted by molar-refractivity contribution is 5.73. The minimum atomic E-state index is -0.0358. The van der Waals surface area contributed by atoms with Crippen LogP contribution in [0.5, 0.6) is 0 Å². The van der Waals surface area contributed by atoms with Crippen molar-refractivity contribution >= 4 is 5.57 Å². The lowest BCUT2D eigenvalue weighted by Gasteiger charge is -2.19. The first-order valence-corrected chi connectivity index (χ1v) is 6.71. The molecule has 0 saturated carbocycles. The van der Waals surface area contributed by atoms with Gasteiger partial charge in [0, 0.05) is 12.1 Å². The van der Waals surface area contributed by atoms with E-state index in [4.69, 9.17) is 11.5 Å². The number of aryl methyl sites for hydroxylation is 1. The molecule has 1 aliphatic carbocycles. The number of rotatable bonds is 4. The largest absolute Gasteiger partial charge is 0.321 e. The summed E-state index contributed by atoms with van der Waals surface area (Å²) in [5.74, 6) is 0. The average molecular weight is 242 g/mol. The molecule has 0 bridgehead atoms. The summed E-state index contributed by atoms with van der Waals surface area (Å²) in [6.07, 6.45) is 9.61. The van der Waals surface area contributed by atoms with Crippen LogP contribution in [0, 0.1) is 0 Å². The van der Waals surface area contributed by atoms with Gasteiger partial charge in [-0.2, -0.15) is 0 Å². The van der Waals surface area contributed by atoms with Crippen LogP contribution in [0.2, 0.25) is 0 Å². The molecule has 4 N–H and O–H groups in total. The molecular weight excluding hydrogens is 220 g/mol. The molecule has 1 aliphatic rings. The van der Waals surface area contributed by atoms with Crippen LogP contribution >= 0.6 is 0 Å². The summed E-state index contributed by atoms with van der Waals surface area (Å²) in [5, 5.41) is 0. The van der Waals surface area contributed by atoms with Gasteiger partial charge in [-0.1, -0.05) is 55.8 Å². The highest BCUT2D eigenvalue weighted by atomic mass is 14.7. The Balaban J connectivity index is 2.14. The molecule has 1 aromatic rings. The van der Waals surface area contributed by atoms with Crippen molar-refractivity contribution in [3.63, 3.8) is 0 Å². The van der Waals surface area contributed by atoms with Crippen LogP contribution in [0.15, 0.2) is 42.5 Å². The molecular formula is C16H22N2. The molecule has 2 atom stereocenters. The van der Waals surface area contributed by atoms with E-state index in [1.54, 1.807) is 0 Å².